The minimum atomic E-state index is 0.534. The molecule has 2 rings (SSSR count). The summed E-state index contributed by atoms with van der Waals surface area (Å²) in [5.74, 6) is 1.50. The van der Waals surface area contributed by atoms with E-state index in [-0.39, 0.29) is 0 Å². The summed E-state index contributed by atoms with van der Waals surface area (Å²) in [5.41, 5.74) is 0.671. The van der Waals surface area contributed by atoms with Gasteiger partial charge in [0, 0.05) is 0 Å². The van der Waals surface area contributed by atoms with Gasteiger partial charge in [0.2, 0.25) is 0 Å². The van der Waals surface area contributed by atoms with E-state index in [4.69, 9.17) is 11.6 Å². The Kier molecular flexibility index (Phi) is 5.24. The maximum absolute atomic E-state index is 5.21. The predicted octanol–water partition coefficient (Wildman–Crippen LogP) is 4.14. The van der Waals surface area contributed by atoms with E-state index in [2.05, 4.69) is 30.4 Å². The van der Waals surface area contributed by atoms with Crippen molar-refractivity contribution in [3.8, 4) is 0 Å². The zero-order chi connectivity index (χ0) is 11.1. The Morgan fingerprint density at radius 2 is 2.47 bits per heavy atom. The van der Waals surface area contributed by atoms with Gasteiger partial charge in [0.05, 0.1) is 12.1 Å². The van der Waals surface area contributed by atoms with Gasteiger partial charge in [0.1, 0.15) is 6.61 Å². The number of halogens is 1. The van der Waals surface area contributed by atoms with Crippen LogP contribution in [0.5, 0.6) is 0 Å². The summed E-state index contributed by atoms with van der Waals surface area (Å²) in [5, 5.41) is 0. The van der Waals surface area contributed by atoms with Crippen LogP contribution in [0.15, 0.2) is 25.0 Å². The molecule has 0 heterocycles. The minimum Gasteiger partial charge on any atom is -0.501 e. The van der Waals surface area contributed by atoms with E-state index in [1.54, 1.807) is 0 Å². The van der Waals surface area contributed by atoms with E-state index in [9.17, 15) is 0 Å². The average molecular weight is 229 g/mol. The molecule has 1 fully saturated rings. The number of rotatable bonds is 4. The van der Waals surface area contributed by atoms with Crippen LogP contribution in [0.3, 0.4) is 0 Å². The Labute approximate surface area is 98.2 Å². The summed E-state index contributed by atoms with van der Waals surface area (Å²) in [7, 11) is 0. The van der Waals surface area contributed by atoms with Gasteiger partial charge in [0.25, 0.3) is 0 Å². The molecule has 0 aromatic carbocycles. The van der Waals surface area contributed by atoms with E-state index in [1.165, 1.54) is 31.9 Å². The van der Waals surface area contributed by atoms with Gasteiger partial charge >= 0.3 is 0 Å². The summed E-state index contributed by atoms with van der Waals surface area (Å²) < 4.78 is 4.61. The van der Waals surface area contributed by atoms with E-state index in [0.717, 1.165) is 5.92 Å². The van der Waals surface area contributed by atoms with E-state index in [0.29, 0.717) is 17.9 Å². The van der Waals surface area contributed by atoms with Gasteiger partial charge in [-0.2, -0.15) is 0 Å². The zero-order valence-electron chi connectivity index (χ0n) is 9.55. The molecule has 1 nitrogen and oxygen atoms in total. The fraction of sp³-hybridized carbons (Fsp3) is 0.692. The van der Waals surface area contributed by atoms with E-state index in [1.807, 2.05) is 0 Å². The van der Waals surface area contributed by atoms with E-state index >= 15 is 0 Å². The molecule has 0 aliphatic heterocycles. The molecule has 15 heavy (non-hydrogen) atoms. The largest absolute Gasteiger partial charge is 0.501 e. The van der Waals surface area contributed by atoms with Gasteiger partial charge in [-0.1, -0.05) is 25.7 Å². The monoisotopic (exact) mass is 228 g/mol. The smallest absolute Gasteiger partial charge is 0.101 e. The maximum atomic E-state index is 5.21. The van der Waals surface area contributed by atoms with Gasteiger partial charge in [-0.3, -0.25) is 0 Å². The lowest BCUT2D eigenvalue weighted by molar-refractivity contribution is 0.273. The SMILES string of the molecule is C=COCCCl.CCC12C=CC(CC1)C2. The summed E-state index contributed by atoms with van der Waals surface area (Å²) in [6.45, 7) is 6.20. The van der Waals surface area contributed by atoms with Gasteiger partial charge < -0.3 is 4.74 Å². The Morgan fingerprint density at radius 1 is 1.67 bits per heavy atom. The molecule has 0 N–H and O–H groups in total. The third kappa shape index (κ3) is 3.57. The molecular formula is C13H21ClO. The Hall–Kier alpha value is -0.430. The molecule has 86 valence electrons. The lowest BCUT2D eigenvalue weighted by Crippen LogP contribution is -2.08. The van der Waals surface area contributed by atoms with Crippen molar-refractivity contribution in [3.05, 3.63) is 25.0 Å². The second-order valence-electron chi connectivity index (χ2n) is 4.30. The maximum Gasteiger partial charge on any atom is 0.101 e. The highest BCUT2D eigenvalue weighted by Crippen LogP contribution is 2.50. The standard InChI is InChI=1S/C9H14.C4H7ClO/c1-2-9-5-3-8(7-9)4-6-9;1-2-6-4-3-5/h3,5,8H,2,4,6-7H2,1H3;2H,1,3-4H2. The molecule has 0 aromatic rings. The second kappa shape index (κ2) is 6.22. The van der Waals surface area contributed by atoms with Gasteiger partial charge in [-0.05, 0) is 37.0 Å². The second-order valence-corrected chi connectivity index (χ2v) is 4.68. The van der Waals surface area contributed by atoms with Crippen LogP contribution >= 0.6 is 11.6 Å². The third-order valence-corrected chi connectivity index (χ3v) is 3.57. The van der Waals surface area contributed by atoms with Gasteiger partial charge in [-0.25, -0.2) is 0 Å². The Bertz CT molecular complexity index is 225. The molecule has 2 aliphatic rings. The highest BCUT2D eigenvalue weighted by molar-refractivity contribution is 6.17. The number of hydrogen-bond acceptors (Lipinski definition) is 1. The van der Waals surface area contributed by atoms with Crippen LogP contribution in [-0.4, -0.2) is 12.5 Å². The first-order valence-corrected chi connectivity index (χ1v) is 6.27. The molecule has 0 amide bonds. The number of ether oxygens (including phenoxy) is 1. The van der Waals surface area contributed by atoms with Crippen LogP contribution < -0.4 is 0 Å². The zero-order valence-corrected chi connectivity index (χ0v) is 10.3. The first-order chi connectivity index (χ1) is 7.26. The Balaban J connectivity index is 0.000000167. The fourth-order valence-corrected chi connectivity index (χ4v) is 2.51. The molecule has 0 aromatic heterocycles. The van der Waals surface area contributed by atoms with Crippen molar-refractivity contribution in [3.63, 3.8) is 0 Å². The van der Waals surface area contributed by atoms with Crippen LogP contribution in [0.4, 0.5) is 0 Å². The van der Waals surface area contributed by atoms with Gasteiger partial charge in [0.15, 0.2) is 0 Å². The minimum absolute atomic E-state index is 0.534. The van der Waals surface area contributed by atoms with Crippen molar-refractivity contribution < 1.29 is 4.74 Å². The highest BCUT2D eigenvalue weighted by Gasteiger charge is 2.38. The molecule has 0 saturated heterocycles. The van der Waals surface area contributed by atoms with Crippen LogP contribution in [0, 0.1) is 11.3 Å². The lowest BCUT2D eigenvalue weighted by atomic mass is 9.85. The molecule has 2 atom stereocenters. The number of allylic oxidation sites excluding steroid dienone is 2. The molecule has 2 bridgehead atoms. The molecule has 2 heteroatoms. The van der Waals surface area contributed by atoms with Crippen molar-refractivity contribution in [2.45, 2.75) is 32.6 Å². The molecule has 0 radical (unpaired) electrons. The number of hydrogen-bond donors (Lipinski definition) is 0. The first kappa shape index (κ1) is 12.6. The summed E-state index contributed by atoms with van der Waals surface area (Å²) >= 11 is 5.21. The average Bonchev–Trinajstić information content (AvgIpc) is 2.88. The number of alkyl halides is 1. The van der Waals surface area contributed by atoms with Crippen LogP contribution in [0.25, 0.3) is 0 Å². The summed E-state index contributed by atoms with van der Waals surface area (Å²) in [6.07, 6.45) is 12.0. The molecule has 1 saturated carbocycles. The summed E-state index contributed by atoms with van der Waals surface area (Å²) in [6, 6.07) is 0. The first-order valence-electron chi connectivity index (χ1n) is 5.74. The Morgan fingerprint density at radius 3 is 2.67 bits per heavy atom. The van der Waals surface area contributed by atoms with Crippen LogP contribution in [0.1, 0.15) is 32.6 Å². The van der Waals surface area contributed by atoms with Crippen molar-refractivity contribution in [2.75, 3.05) is 12.5 Å². The van der Waals surface area contributed by atoms with Crippen LogP contribution in [0.2, 0.25) is 0 Å². The lowest BCUT2D eigenvalue weighted by Gasteiger charge is -2.19. The molecule has 0 spiro atoms. The fourth-order valence-electron chi connectivity index (χ4n) is 2.42. The normalized spacial score (nSPS) is 30.9. The quantitative estimate of drug-likeness (QED) is 0.304. The topological polar surface area (TPSA) is 9.23 Å². The third-order valence-electron chi connectivity index (χ3n) is 3.42. The van der Waals surface area contributed by atoms with Crippen molar-refractivity contribution in [1.29, 1.82) is 0 Å². The number of fused-ring (bicyclic) bond motifs is 2. The van der Waals surface area contributed by atoms with E-state index < -0.39 is 0 Å². The molecular weight excluding hydrogens is 208 g/mol. The highest BCUT2D eigenvalue weighted by atomic mass is 35.5. The van der Waals surface area contributed by atoms with Gasteiger partial charge in [-0.15, -0.1) is 11.6 Å². The van der Waals surface area contributed by atoms with Crippen LogP contribution in [-0.2, 0) is 4.74 Å². The summed E-state index contributed by atoms with van der Waals surface area (Å²) in [4.78, 5) is 0. The molecule has 2 unspecified atom stereocenters. The predicted molar refractivity (Wildman–Crippen MR) is 66.1 cm³/mol. The van der Waals surface area contributed by atoms with Crippen molar-refractivity contribution >= 4 is 11.6 Å². The molecule has 2 aliphatic carbocycles. The van der Waals surface area contributed by atoms with Crippen molar-refractivity contribution in [2.24, 2.45) is 11.3 Å². The van der Waals surface area contributed by atoms with Crippen molar-refractivity contribution in [1.82, 2.24) is 0 Å².